The van der Waals surface area contributed by atoms with E-state index in [0.717, 1.165) is 53.2 Å². The minimum atomic E-state index is 0.385. The predicted octanol–water partition coefficient (Wildman–Crippen LogP) is 2.68. The Hall–Kier alpha value is -2.03. The monoisotopic (exact) mass is 404 g/mol. The Kier molecular flexibility index (Phi) is 4.18. The van der Waals surface area contributed by atoms with Gasteiger partial charge in [0.25, 0.3) is 0 Å². The number of aromatic nitrogens is 7. The lowest BCUT2D eigenvalue weighted by Gasteiger charge is -2.33. The van der Waals surface area contributed by atoms with Crippen LogP contribution in [0.5, 0.6) is 0 Å². The first kappa shape index (κ1) is 16.4. The van der Waals surface area contributed by atoms with E-state index in [9.17, 15) is 0 Å². The van der Waals surface area contributed by atoms with Gasteiger partial charge in [-0.25, -0.2) is 14.6 Å². The summed E-state index contributed by atoms with van der Waals surface area (Å²) in [5.41, 5.74) is 0.846. The highest BCUT2D eigenvalue weighted by Gasteiger charge is 2.27. The van der Waals surface area contributed by atoms with Gasteiger partial charge in [-0.15, -0.1) is 10.2 Å². The van der Waals surface area contributed by atoms with Crippen LogP contribution < -0.4 is 4.90 Å². The van der Waals surface area contributed by atoms with Crippen LogP contribution in [0, 0.1) is 0 Å². The van der Waals surface area contributed by atoms with Crippen molar-refractivity contribution in [2.24, 2.45) is 7.05 Å². The third kappa shape index (κ3) is 2.80. The molecule has 3 aromatic heterocycles. The van der Waals surface area contributed by atoms with Gasteiger partial charge in [0, 0.05) is 32.1 Å². The molecule has 0 saturated carbocycles. The molecule has 8 nitrogen and oxygen atoms in total. The quantitative estimate of drug-likeness (QED) is 0.667. The van der Waals surface area contributed by atoms with Crippen molar-refractivity contribution >= 4 is 32.8 Å². The third-order valence-corrected chi connectivity index (χ3v) is 5.43. The minimum Gasteiger partial charge on any atom is -0.356 e. The van der Waals surface area contributed by atoms with Crippen molar-refractivity contribution in [2.75, 3.05) is 18.0 Å². The molecule has 0 N–H and O–H groups in total. The van der Waals surface area contributed by atoms with Gasteiger partial charge < -0.3 is 9.47 Å². The van der Waals surface area contributed by atoms with Gasteiger partial charge in [-0.1, -0.05) is 0 Å². The van der Waals surface area contributed by atoms with Crippen LogP contribution >= 0.6 is 15.9 Å². The highest BCUT2D eigenvalue weighted by molar-refractivity contribution is 9.10. The fourth-order valence-corrected chi connectivity index (χ4v) is 4.15. The second kappa shape index (κ2) is 6.36. The molecule has 25 heavy (non-hydrogen) atoms. The van der Waals surface area contributed by atoms with E-state index in [1.165, 1.54) is 0 Å². The summed E-state index contributed by atoms with van der Waals surface area (Å²) in [4.78, 5) is 11.2. The van der Waals surface area contributed by atoms with Crippen LogP contribution in [0.1, 0.15) is 44.5 Å². The summed E-state index contributed by atoms with van der Waals surface area (Å²) in [5.74, 6) is 2.50. The molecule has 4 rings (SSSR count). The zero-order valence-corrected chi connectivity index (χ0v) is 16.2. The number of hydrogen-bond acceptors (Lipinski definition) is 6. The maximum absolute atomic E-state index is 4.54. The molecule has 1 saturated heterocycles. The van der Waals surface area contributed by atoms with Crippen LogP contribution in [-0.2, 0) is 7.05 Å². The summed E-state index contributed by atoms with van der Waals surface area (Å²) in [7, 11) is 1.90. The van der Waals surface area contributed by atoms with E-state index in [1.807, 2.05) is 13.4 Å². The highest BCUT2D eigenvalue weighted by Crippen LogP contribution is 2.34. The van der Waals surface area contributed by atoms with Crippen molar-refractivity contribution in [1.29, 1.82) is 0 Å². The smallest absolute Gasteiger partial charge is 0.164 e. The molecule has 1 aliphatic rings. The number of aryl methyl sites for hydroxylation is 1. The fourth-order valence-electron chi connectivity index (χ4n) is 3.56. The topological polar surface area (TPSA) is 77.6 Å². The molecule has 0 aliphatic carbocycles. The molecule has 3 aromatic rings. The largest absolute Gasteiger partial charge is 0.356 e. The number of halogens is 1. The Morgan fingerprint density at radius 2 is 1.96 bits per heavy atom. The molecule has 0 spiro atoms. The van der Waals surface area contributed by atoms with Gasteiger partial charge in [-0.2, -0.15) is 5.10 Å². The molecule has 0 atom stereocenters. The number of anilines is 1. The molecule has 1 aliphatic heterocycles. The number of piperidine rings is 1. The first-order chi connectivity index (χ1) is 12.1. The Morgan fingerprint density at radius 3 is 2.68 bits per heavy atom. The first-order valence-electron chi connectivity index (χ1n) is 8.53. The molecular weight excluding hydrogens is 384 g/mol. The van der Waals surface area contributed by atoms with Crippen LogP contribution in [0.2, 0.25) is 0 Å². The van der Waals surface area contributed by atoms with Crippen molar-refractivity contribution in [2.45, 2.75) is 38.6 Å². The second-order valence-corrected chi connectivity index (χ2v) is 7.51. The summed E-state index contributed by atoms with van der Waals surface area (Å²) in [5, 5.41) is 13.9. The van der Waals surface area contributed by atoms with Gasteiger partial charge in [0.1, 0.15) is 28.9 Å². The summed E-state index contributed by atoms with van der Waals surface area (Å²) in [6.07, 6.45) is 5.53. The van der Waals surface area contributed by atoms with E-state index in [2.05, 4.69) is 64.5 Å². The van der Waals surface area contributed by atoms with Crippen molar-refractivity contribution in [1.82, 2.24) is 34.5 Å². The van der Waals surface area contributed by atoms with Gasteiger partial charge in [-0.05, 0) is 42.6 Å². The number of hydrogen-bond donors (Lipinski definition) is 0. The highest BCUT2D eigenvalue weighted by atomic mass is 79.9. The van der Waals surface area contributed by atoms with Crippen molar-refractivity contribution in [3.8, 4) is 0 Å². The lowest BCUT2D eigenvalue weighted by Crippen LogP contribution is -2.34. The maximum atomic E-state index is 4.54. The number of nitrogens with zero attached hydrogens (tertiary/aromatic N) is 8. The summed E-state index contributed by atoms with van der Waals surface area (Å²) in [6, 6.07) is 0.385. The molecule has 0 radical (unpaired) electrons. The SMILES string of the molecule is CC(C)n1cnnc1C1CCN(c2ncnc3c2c(Br)nn3C)CC1. The summed E-state index contributed by atoms with van der Waals surface area (Å²) in [6.45, 7) is 6.20. The lowest BCUT2D eigenvalue weighted by atomic mass is 9.95. The molecule has 4 heterocycles. The summed E-state index contributed by atoms with van der Waals surface area (Å²) >= 11 is 3.54. The van der Waals surface area contributed by atoms with Crippen LogP contribution in [0.25, 0.3) is 11.0 Å². The number of rotatable bonds is 3. The molecule has 0 bridgehead atoms. The van der Waals surface area contributed by atoms with Crippen LogP contribution in [-0.4, -0.2) is 47.6 Å². The van der Waals surface area contributed by atoms with Crippen molar-refractivity contribution < 1.29 is 0 Å². The van der Waals surface area contributed by atoms with Gasteiger partial charge in [0.2, 0.25) is 0 Å². The fraction of sp³-hybridized carbons (Fsp3) is 0.562. The van der Waals surface area contributed by atoms with Gasteiger partial charge >= 0.3 is 0 Å². The van der Waals surface area contributed by atoms with Crippen molar-refractivity contribution in [3.05, 3.63) is 23.1 Å². The van der Waals surface area contributed by atoms with E-state index in [-0.39, 0.29) is 0 Å². The third-order valence-electron chi connectivity index (χ3n) is 4.87. The Balaban J connectivity index is 1.58. The molecule has 0 amide bonds. The lowest BCUT2D eigenvalue weighted by molar-refractivity contribution is 0.448. The molecule has 0 unspecified atom stereocenters. The van der Waals surface area contributed by atoms with Gasteiger partial charge in [0.15, 0.2) is 5.65 Å². The number of fused-ring (bicyclic) bond motifs is 1. The minimum absolute atomic E-state index is 0.385. The zero-order valence-electron chi connectivity index (χ0n) is 14.6. The normalized spacial score (nSPS) is 16.3. The summed E-state index contributed by atoms with van der Waals surface area (Å²) < 4.78 is 4.76. The van der Waals surface area contributed by atoms with E-state index in [4.69, 9.17) is 0 Å². The average Bonchev–Trinajstić information content (AvgIpc) is 3.21. The van der Waals surface area contributed by atoms with Crippen LogP contribution in [0.3, 0.4) is 0 Å². The predicted molar refractivity (Wildman–Crippen MR) is 98.6 cm³/mol. The molecule has 9 heteroatoms. The maximum Gasteiger partial charge on any atom is 0.164 e. The molecule has 0 aromatic carbocycles. The zero-order chi connectivity index (χ0) is 17.6. The first-order valence-corrected chi connectivity index (χ1v) is 9.33. The molecule has 1 fully saturated rings. The van der Waals surface area contributed by atoms with Gasteiger partial charge in [-0.3, -0.25) is 0 Å². The van der Waals surface area contributed by atoms with E-state index in [0.29, 0.717) is 12.0 Å². The van der Waals surface area contributed by atoms with E-state index >= 15 is 0 Å². The van der Waals surface area contributed by atoms with Crippen LogP contribution in [0.4, 0.5) is 5.82 Å². The standard InChI is InChI=1S/C16H21BrN8/c1-10(2)25-9-20-21-14(25)11-4-6-24(7-5-11)16-12-13(17)22-23(3)15(12)18-8-19-16/h8-11H,4-7H2,1-3H3. The molecular formula is C16H21BrN8. The van der Waals surface area contributed by atoms with E-state index < -0.39 is 0 Å². The average molecular weight is 405 g/mol. The van der Waals surface area contributed by atoms with Crippen LogP contribution in [0.15, 0.2) is 17.3 Å². The molecule has 132 valence electrons. The Labute approximate surface area is 154 Å². The van der Waals surface area contributed by atoms with Gasteiger partial charge in [0.05, 0.1) is 5.39 Å². The Bertz CT molecular complexity index is 891. The van der Waals surface area contributed by atoms with E-state index in [1.54, 1.807) is 11.0 Å². The second-order valence-electron chi connectivity index (χ2n) is 6.76. The Morgan fingerprint density at radius 1 is 1.20 bits per heavy atom. The van der Waals surface area contributed by atoms with Crippen molar-refractivity contribution in [3.63, 3.8) is 0 Å².